The summed E-state index contributed by atoms with van der Waals surface area (Å²) in [5, 5.41) is 8.68. The maximum absolute atomic E-state index is 8.68. The molecule has 0 amide bonds. The van der Waals surface area contributed by atoms with Crippen molar-refractivity contribution in [2.24, 2.45) is 17.6 Å². The smallest absolute Gasteiger partial charge is 0.104 e. The van der Waals surface area contributed by atoms with E-state index in [1.807, 2.05) is 12.1 Å². The molecule has 2 fully saturated rings. The molecule has 1 aromatic rings. The molecule has 1 saturated heterocycles. The van der Waals surface area contributed by atoms with Gasteiger partial charge in [-0.25, -0.2) is 0 Å². The first-order chi connectivity index (χ1) is 9.76. The molecular formula is C17H22N2O. The van der Waals surface area contributed by atoms with Gasteiger partial charge in [-0.15, -0.1) is 0 Å². The van der Waals surface area contributed by atoms with Crippen molar-refractivity contribution in [1.29, 1.82) is 0 Å². The highest BCUT2D eigenvalue weighted by atomic mass is 16.2. The molecule has 2 atom stereocenters. The molecule has 3 rings (SSSR count). The van der Waals surface area contributed by atoms with Crippen LogP contribution in [0.4, 0.5) is 0 Å². The number of piperidine rings is 1. The molecule has 0 spiro atoms. The summed E-state index contributed by atoms with van der Waals surface area (Å²) in [6.07, 6.45) is 2.61. The first-order valence-corrected chi connectivity index (χ1v) is 7.43. The van der Waals surface area contributed by atoms with E-state index in [0.717, 1.165) is 25.2 Å². The van der Waals surface area contributed by atoms with Crippen LogP contribution in [-0.2, 0) is 6.54 Å². The first-order valence-electron chi connectivity index (χ1n) is 7.43. The maximum atomic E-state index is 8.68. The number of nitrogens with two attached hydrogens (primary N) is 1. The highest BCUT2D eigenvalue weighted by Crippen LogP contribution is 2.35. The molecule has 2 aliphatic rings. The molecule has 3 heteroatoms. The van der Waals surface area contributed by atoms with Gasteiger partial charge in [-0.3, -0.25) is 4.90 Å². The largest absolute Gasteiger partial charge is 0.384 e. The average molecular weight is 270 g/mol. The lowest BCUT2D eigenvalue weighted by atomic mass is 9.93. The fourth-order valence-electron chi connectivity index (χ4n) is 3.58. The lowest BCUT2D eigenvalue weighted by Gasteiger charge is -2.36. The lowest BCUT2D eigenvalue weighted by Crippen LogP contribution is -2.48. The van der Waals surface area contributed by atoms with E-state index in [4.69, 9.17) is 10.8 Å². The van der Waals surface area contributed by atoms with Gasteiger partial charge in [0.2, 0.25) is 0 Å². The topological polar surface area (TPSA) is 49.5 Å². The van der Waals surface area contributed by atoms with Crippen molar-refractivity contribution in [2.45, 2.75) is 25.4 Å². The van der Waals surface area contributed by atoms with E-state index in [-0.39, 0.29) is 6.61 Å². The molecule has 1 aliphatic carbocycles. The van der Waals surface area contributed by atoms with Crippen LogP contribution >= 0.6 is 0 Å². The number of rotatable bonds is 2. The molecule has 0 radical (unpaired) electrons. The van der Waals surface area contributed by atoms with Crippen molar-refractivity contribution in [1.82, 2.24) is 4.90 Å². The highest BCUT2D eigenvalue weighted by molar-refractivity contribution is 5.36. The van der Waals surface area contributed by atoms with Crippen LogP contribution in [0, 0.1) is 23.7 Å². The number of benzene rings is 1. The summed E-state index contributed by atoms with van der Waals surface area (Å²) < 4.78 is 0. The van der Waals surface area contributed by atoms with E-state index < -0.39 is 0 Å². The minimum absolute atomic E-state index is 0.0848. The summed E-state index contributed by atoms with van der Waals surface area (Å²) in [7, 11) is 0. The maximum Gasteiger partial charge on any atom is 0.104 e. The van der Waals surface area contributed by atoms with Crippen LogP contribution < -0.4 is 5.73 Å². The van der Waals surface area contributed by atoms with Crippen LogP contribution in [0.1, 0.15) is 24.0 Å². The summed E-state index contributed by atoms with van der Waals surface area (Å²) in [5.41, 5.74) is 8.53. The molecule has 2 bridgehead atoms. The number of nitrogens with zero attached hydrogens (tertiary/aromatic N) is 1. The summed E-state index contributed by atoms with van der Waals surface area (Å²) in [6, 6.07) is 8.77. The van der Waals surface area contributed by atoms with E-state index in [2.05, 4.69) is 28.9 Å². The number of fused-ring (bicyclic) bond motifs is 2. The SMILES string of the molecule is NC1C2CCC1CN(Cc1ccc(C#CCO)cc1)C2. The van der Waals surface area contributed by atoms with Crippen LogP contribution in [0.2, 0.25) is 0 Å². The first kappa shape index (κ1) is 13.6. The highest BCUT2D eigenvalue weighted by Gasteiger charge is 2.39. The Morgan fingerprint density at radius 1 is 1.15 bits per heavy atom. The van der Waals surface area contributed by atoms with Gasteiger partial charge in [0, 0.05) is 31.2 Å². The van der Waals surface area contributed by atoms with Crippen molar-refractivity contribution < 1.29 is 5.11 Å². The number of aliphatic hydroxyl groups excluding tert-OH is 1. The predicted octanol–water partition coefficient (Wildman–Crippen LogP) is 1.20. The van der Waals surface area contributed by atoms with Crippen LogP contribution in [0.5, 0.6) is 0 Å². The standard InChI is InChI=1S/C17H22N2O/c18-17-15-7-8-16(17)12-19(11-15)10-14-5-3-13(4-6-14)2-1-9-20/h3-6,15-17,20H,7-12,18H2. The molecule has 2 unspecified atom stereocenters. The van der Waals surface area contributed by atoms with E-state index in [1.165, 1.54) is 18.4 Å². The molecule has 1 aliphatic heterocycles. The Morgan fingerprint density at radius 3 is 2.40 bits per heavy atom. The summed E-state index contributed by atoms with van der Waals surface area (Å²) in [4.78, 5) is 2.54. The number of hydrogen-bond acceptors (Lipinski definition) is 3. The normalized spacial score (nSPS) is 29.0. The molecule has 0 aromatic heterocycles. The van der Waals surface area contributed by atoms with Crippen LogP contribution in [-0.4, -0.2) is 35.7 Å². The van der Waals surface area contributed by atoms with Gasteiger partial charge >= 0.3 is 0 Å². The Bertz CT molecular complexity index is 500. The third-order valence-electron chi connectivity index (χ3n) is 4.65. The van der Waals surface area contributed by atoms with Gasteiger partial charge < -0.3 is 10.8 Å². The third-order valence-corrected chi connectivity index (χ3v) is 4.65. The van der Waals surface area contributed by atoms with Crippen molar-refractivity contribution in [3.8, 4) is 11.8 Å². The molecule has 106 valence electrons. The van der Waals surface area contributed by atoms with E-state index in [0.29, 0.717) is 17.9 Å². The average Bonchev–Trinajstić information content (AvgIpc) is 2.69. The molecule has 1 saturated carbocycles. The minimum Gasteiger partial charge on any atom is -0.384 e. The van der Waals surface area contributed by atoms with Gasteiger partial charge in [-0.1, -0.05) is 24.0 Å². The van der Waals surface area contributed by atoms with E-state index >= 15 is 0 Å². The van der Waals surface area contributed by atoms with Crippen molar-refractivity contribution >= 4 is 0 Å². The third kappa shape index (κ3) is 2.88. The summed E-state index contributed by atoms with van der Waals surface area (Å²) >= 11 is 0. The molecule has 3 N–H and O–H groups in total. The van der Waals surface area contributed by atoms with Crippen molar-refractivity contribution in [2.75, 3.05) is 19.7 Å². The molecule has 3 nitrogen and oxygen atoms in total. The monoisotopic (exact) mass is 270 g/mol. The van der Waals surface area contributed by atoms with Crippen molar-refractivity contribution in [3.05, 3.63) is 35.4 Å². The summed E-state index contributed by atoms with van der Waals surface area (Å²) in [6.45, 7) is 3.21. The Balaban J connectivity index is 1.61. The van der Waals surface area contributed by atoms with Gasteiger partial charge in [-0.05, 0) is 42.4 Å². The predicted molar refractivity (Wildman–Crippen MR) is 79.9 cm³/mol. The fourth-order valence-corrected chi connectivity index (χ4v) is 3.58. The minimum atomic E-state index is -0.0848. The Labute approximate surface area is 120 Å². The molecule has 20 heavy (non-hydrogen) atoms. The Kier molecular flexibility index (Phi) is 4.07. The zero-order chi connectivity index (χ0) is 13.9. The van der Waals surface area contributed by atoms with Crippen LogP contribution in [0.25, 0.3) is 0 Å². The van der Waals surface area contributed by atoms with Gasteiger partial charge in [-0.2, -0.15) is 0 Å². The zero-order valence-corrected chi connectivity index (χ0v) is 11.8. The number of likely N-dealkylation sites (tertiary alicyclic amines) is 1. The van der Waals surface area contributed by atoms with Gasteiger partial charge in [0.15, 0.2) is 0 Å². The van der Waals surface area contributed by atoms with Crippen LogP contribution in [0.15, 0.2) is 24.3 Å². The second-order valence-corrected chi connectivity index (χ2v) is 6.03. The fraction of sp³-hybridized carbons (Fsp3) is 0.529. The van der Waals surface area contributed by atoms with Crippen LogP contribution in [0.3, 0.4) is 0 Å². The van der Waals surface area contributed by atoms with Gasteiger partial charge in [0.25, 0.3) is 0 Å². The Hall–Kier alpha value is -1.34. The second-order valence-electron chi connectivity index (χ2n) is 6.03. The summed E-state index contributed by atoms with van der Waals surface area (Å²) in [5.74, 6) is 6.99. The number of hydrogen-bond donors (Lipinski definition) is 2. The van der Waals surface area contributed by atoms with Gasteiger partial charge in [0.05, 0.1) is 0 Å². The quantitative estimate of drug-likeness (QED) is 0.794. The second kappa shape index (κ2) is 5.97. The molecular weight excluding hydrogens is 248 g/mol. The Morgan fingerprint density at radius 2 is 1.80 bits per heavy atom. The zero-order valence-electron chi connectivity index (χ0n) is 11.8. The van der Waals surface area contributed by atoms with E-state index in [9.17, 15) is 0 Å². The molecule has 1 heterocycles. The number of aliphatic hydroxyl groups is 1. The van der Waals surface area contributed by atoms with Gasteiger partial charge in [0.1, 0.15) is 6.61 Å². The lowest BCUT2D eigenvalue weighted by molar-refractivity contribution is 0.140. The van der Waals surface area contributed by atoms with E-state index in [1.54, 1.807) is 0 Å². The molecule has 1 aromatic carbocycles. The van der Waals surface area contributed by atoms with Crippen molar-refractivity contribution in [3.63, 3.8) is 0 Å².